The number of nitrogens with one attached hydrogen (secondary N) is 20. The number of amides is 16. The number of nitrogens with two attached hydrogens (primary N) is 5. The van der Waals surface area contributed by atoms with Gasteiger partial charge in [-0.1, -0.05) is 27.7 Å². The van der Waals surface area contributed by atoms with Crippen LogP contribution in [-0.4, -0.2) is 313 Å². The number of nitrogens with zero attached hydrogens (tertiary/aromatic N) is 1. The molecule has 15 unspecified atom stereocenters. The number of carbonyl (C=O) groups excluding carboxylic acids is 16. The molecule has 1 rings (SSSR count). The highest BCUT2D eigenvalue weighted by Crippen LogP contribution is 2.36. The molecule has 55 nitrogen and oxygen atoms in total. The molecule has 1 aliphatic rings. The molecule has 16 amide bonds. The fourth-order valence-corrected chi connectivity index (χ4v) is 12.3. The zero-order chi connectivity index (χ0) is 96.9. The lowest BCUT2D eigenvalue weighted by atomic mass is 10.0. The molecule has 0 aliphatic carbocycles. The van der Waals surface area contributed by atoms with Crippen molar-refractivity contribution < 1.29 is 140 Å². The molecule has 1 fully saturated rings. The summed E-state index contributed by atoms with van der Waals surface area (Å²) < 4.78 is 16.4. The zero-order valence-electron chi connectivity index (χ0n) is 71.2. The number of rotatable bonds is 61. The predicted octanol–water partition coefficient (Wildman–Crippen LogP) is -11.7. The van der Waals surface area contributed by atoms with E-state index >= 15 is 0 Å². The smallest absolute Gasteiger partial charge is 0.469 e. The minimum atomic E-state index is -5.41. The molecule has 716 valence electrons. The molecule has 56 heteroatoms. The van der Waals surface area contributed by atoms with Crippen LogP contribution in [0.5, 0.6) is 0 Å². The van der Waals surface area contributed by atoms with Crippen LogP contribution in [0.4, 0.5) is 0 Å². The van der Waals surface area contributed by atoms with Gasteiger partial charge in [0, 0.05) is 45.4 Å². The minimum absolute atomic E-state index is 0.0347. The zero-order valence-corrected chi connectivity index (χ0v) is 72.1. The van der Waals surface area contributed by atoms with Crippen LogP contribution in [-0.2, 0) is 105 Å². The van der Waals surface area contributed by atoms with E-state index in [4.69, 9.17) is 44.9 Å². The lowest BCUT2D eigenvalue weighted by Crippen LogP contribution is -2.61. The average molecular weight is 1840 g/mol. The van der Waals surface area contributed by atoms with Crippen molar-refractivity contribution in [2.24, 2.45) is 40.5 Å². The summed E-state index contributed by atoms with van der Waals surface area (Å²) in [4.78, 5) is 286. The van der Waals surface area contributed by atoms with Crippen LogP contribution >= 0.6 is 7.82 Å². The normalized spacial score (nSPS) is 15.6. The molecule has 1 aliphatic heterocycles. The van der Waals surface area contributed by atoms with E-state index < -0.39 is 293 Å². The topological polar surface area (TPSA) is 919 Å². The average Bonchev–Trinajstić information content (AvgIpc) is 1.71. The Hall–Kier alpha value is -12.8. The van der Waals surface area contributed by atoms with Crippen LogP contribution in [0.1, 0.15) is 158 Å². The molecule has 0 radical (unpaired) electrons. The van der Waals surface area contributed by atoms with Gasteiger partial charge in [-0.25, -0.2) is 9.36 Å². The maximum absolute atomic E-state index is 14.2. The Labute approximate surface area is 728 Å². The first-order valence-electron chi connectivity index (χ1n) is 40.2. The number of aliphatic carboxylic acids is 4. The number of aliphatic hydroxyl groups is 1. The maximum atomic E-state index is 14.2. The minimum Gasteiger partial charge on any atom is -0.481 e. The van der Waals surface area contributed by atoms with Gasteiger partial charge in [-0.05, 0) is 116 Å². The first kappa shape index (κ1) is 112. The summed E-state index contributed by atoms with van der Waals surface area (Å²) >= 11 is 0. The predicted molar refractivity (Wildman–Crippen MR) is 441 cm³/mol. The molecule has 0 aromatic rings. The number of guanidine groups is 3. The molecule has 127 heavy (non-hydrogen) atoms. The van der Waals surface area contributed by atoms with Gasteiger partial charge in [-0.3, -0.25) is 112 Å². The van der Waals surface area contributed by atoms with Gasteiger partial charge in [0.25, 0.3) is 0 Å². The third-order valence-electron chi connectivity index (χ3n) is 18.5. The molecule has 0 spiro atoms. The van der Waals surface area contributed by atoms with Gasteiger partial charge in [0.05, 0.1) is 32.2 Å². The lowest BCUT2D eigenvalue weighted by Gasteiger charge is -2.30. The summed E-state index contributed by atoms with van der Waals surface area (Å²) in [5.41, 5.74) is 27.3. The number of carbonyl (C=O) groups is 20. The fraction of sp³-hybridized carbons (Fsp3) is 0.676. The highest BCUT2D eigenvalue weighted by atomic mass is 31.2. The molecule has 0 aromatic carbocycles. The molecule has 37 N–H and O–H groups in total. The standard InChI is InChI=1S/C71H123N26O29P/c1-32(2)26-43(93-61(114)42(18-21-52(103)104)91-60(113)41(17-20-51(101)102)88-56(109)36(7)84-55(108)35(6)86-58(111)38(13-9-23-81-70(76)77)89-57(110)37(72)12-8-22-80-69(74)75)63(116)94-44(28-53(105)106)64(117)96-46(30-98)65(118)90-39(14-10-24-82-71(78)79)59(112)85-34(5)54(107)83-29-50(100)87-47(31-126-127(123,124)125)67(120)97-25-11-15-48(97)66(119)92-40(16-19-49(73)99)62(115)95-45(68(121)122)27-33(3)4/h32-48,98H,8-31,72H2,1-7H3,(H2,73,99)(H,83,107)(H,84,108)(H,85,112)(H,86,111)(H,87,100)(H,88,109)(H,89,110)(H,90,118)(H,91,113)(H,92,119)(H,93,114)(H,94,116)(H,95,115)(H,96,117)(H,101,102)(H,103,104)(H,105,106)(H,121,122)(H4,74,75,80)(H4,76,77,81)(H4,78,79,82)(H2,123,124,125). The monoisotopic (exact) mass is 1830 g/mol. The Morgan fingerprint density at radius 2 is 0.780 bits per heavy atom. The number of hydrogen-bond acceptors (Lipinski definition) is 27. The number of phosphoric acid groups is 1. The van der Waals surface area contributed by atoms with Crippen LogP contribution in [0.25, 0.3) is 0 Å². The van der Waals surface area contributed by atoms with Crippen molar-refractivity contribution in [2.45, 2.75) is 248 Å². The summed E-state index contributed by atoms with van der Waals surface area (Å²) in [5, 5.41) is 111. The largest absolute Gasteiger partial charge is 0.481 e. The molecule has 0 bridgehead atoms. The molecule has 0 aromatic heterocycles. The quantitative estimate of drug-likeness (QED) is 0.0116. The Balaban J connectivity index is 3.46. The second-order valence-electron chi connectivity index (χ2n) is 30.4. The van der Waals surface area contributed by atoms with Gasteiger partial charge in [-0.2, -0.15) is 0 Å². The number of aliphatic hydroxyl groups excluding tert-OH is 1. The van der Waals surface area contributed by atoms with Crippen molar-refractivity contribution in [3.8, 4) is 0 Å². The summed E-state index contributed by atoms with van der Waals surface area (Å²) in [6.45, 7) is 6.11. The van der Waals surface area contributed by atoms with Crippen molar-refractivity contribution in [1.29, 1.82) is 16.2 Å². The van der Waals surface area contributed by atoms with E-state index in [9.17, 15) is 136 Å². The van der Waals surface area contributed by atoms with E-state index in [1.54, 1.807) is 13.8 Å². The molecular formula is C71H123N26O29P. The van der Waals surface area contributed by atoms with Gasteiger partial charge < -0.3 is 159 Å². The summed E-state index contributed by atoms with van der Waals surface area (Å²) in [6.07, 6.45) is -5.78. The molecular weight excluding hydrogens is 1710 g/mol. The van der Waals surface area contributed by atoms with Gasteiger partial charge in [0.15, 0.2) is 17.9 Å². The fourth-order valence-electron chi connectivity index (χ4n) is 11.9. The van der Waals surface area contributed by atoms with E-state index in [0.717, 1.165) is 18.7 Å². The van der Waals surface area contributed by atoms with Crippen molar-refractivity contribution in [3.63, 3.8) is 0 Å². The first-order chi connectivity index (χ1) is 59.2. The summed E-state index contributed by atoms with van der Waals surface area (Å²) in [6, 6.07) is -25.3. The van der Waals surface area contributed by atoms with Gasteiger partial charge in [-0.15, -0.1) is 0 Å². The second-order valence-corrected chi connectivity index (χ2v) is 31.6. The number of hydrogen-bond donors (Lipinski definition) is 32. The van der Waals surface area contributed by atoms with Crippen LogP contribution < -0.4 is 119 Å². The van der Waals surface area contributed by atoms with Gasteiger partial charge in [0.2, 0.25) is 94.5 Å². The van der Waals surface area contributed by atoms with Crippen LogP contribution in [0, 0.1) is 28.1 Å². The highest BCUT2D eigenvalue weighted by molar-refractivity contribution is 7.46. The summed E-state index contributed by atoms with van der Waals surface area (Å²) in [5.74, 6) is -26.6. The second kappa shape index (κ2) is 57.0. The number of carboxylic acids is 4. The molecule has 1 heterocycles. The Kier molecular flexibility index (Phi) is 50.4. The lowest BCUT2D eigenvalue weighted by molar-refractivity contribution is -0.144. The third kappa shape index (κ3) is 46.2. The van der Waals surface area contributed by atoms with Crippen molar-refractivity contribution >= 4 is 144 Å². The van der Waals surface area contributed by atoms with Gasteiger partial charge in [0.1, 0.15) is 84.6 Å². The van der Waals surface area contributed by atoms with E-state index in [-0.39, 0.29) is 102 Å². The molecule has 15 atom stereocenters. The van der Waals surface area contributed by atoms with Crippen molar-refractivity contribution in [3.05, 3.63) is 0 Å². The first-order valence-corrected chi connectivity index (χ1v) is 41.7. The van der Waals surface area contributed by atoms with Crippen LogP contribution in [0.15, 0.2) is 0 Å². The van der Waals surface area contributed by atoms with Gasteiger partial charge >= 0.3 is 31.7 Å². The SMILES string of the molecule is CC(C)CC(NC(=O)C(CCC(N)=O)NC(=O)C1CCCN1C(=O)C(COP(=O)(O)O)NC(=O)CNC(=O)C(C)NC(=O)C(CCCNC(=N)N)NC(=O)C(CO)NC(=O)C(CC(=O)O)NC(=O)C(CC(C)C)NC(=O)C(CCC(=O)O)NC(=O)C(CCC(=O)O)NC(=O)C(C)NC(=O)C(C)NC(=O)C(CCCNC(=N)N)NC(=O)C(N)CCCNC(=N)N)C(=O)O. The molecule has 1 saturated heterocycles. The van der Waals surface area contributed by atoms with E-state index in [1.165, 1.54) is 20.8 Å². The van der Waals surface area contributed by atoms with Crippen molar-refractivity contribution in [1.82, 2.24) is 95.3 Å². The van der Waals surface area contributed by atoms with Crippen LogP contribution in [0.2, 0.25) is 0 Å². The maximum Gasteiger partial charge on any atom is 0.469 e. The number of primary amides is 1. The number of carboxylic acid groups (broad SMARTS) is 4. The van der Waals surface area contributed by atoms with E-state index in [0.29, 0.717) is 6.42 Å². The Bertz CT molecular complexity index is 3950. The number of likely N-dealkylation sites (tertiary alicyclic amines) is 1. The summed E-state index contributed by atoms with van der Waals surface area (Å²) in [7, 11) is -5.41. The van der Waals surface area contributed by atoms with Crippen LogP contribution in [0.3, 0.4) is 0 Å². The number of phosphoric ester groups is 1. The Morgan fingerprint density at radius 3 is 1.22 bits per heavy atom. The highest BCUT2D eigenvalue weighted by Gasteiger charge is 2.42. The van der Waals surface area contributed by atoms with E-state index in [2.05, 4.69) is 89.6 Å². The van der Waals surface area contributed by atoms with Crippen molar-refractivity contribution in [2.75, 3.05) is 45.9 Å². The molecule has 0 saturated carbocycles. The van der Waals surface area contributed by atoms with E-state index in [1.807, 2.05) is 5.32 Å². The third-order valence-corrected chi connectivity index (χ3v) is 19.0. The Morgan fingerprint density at radius 1 is 0.417 bits per heavy atom.